The van der Waals surface area contributed by atoms with Gasteiger partial charge in [-0.05, 0) is 104 Å². The van der Waals surface area contributed by atoms with E-state index in [0.29, 0.717) is 47.5 Å². The van der Waals surface area contributed by atoms with Gasteiger partial charge in [-0.25, -0.2) is 4.79 Å². The highest BCUT2D eigenvalue weighted by molar-refractivity contribution is 5.66. The third-order valence-electron chi connectivity index (χ3n) is 10.9. The predicted octanol–water partition coefficient (Wildman–Crippen LogP) is 5.09. The fourth-order valence-electron chi connectivity index (χ4n) is 9.16. The Labute approximate surface area is 195 Å². The zero-order chi connectivity index (χ0) is 23.3. The van der Waals surface area contributed by atoms with Crippen molar-refractivity contribution in [3.05, 3.63) is 0 Å². The van der Waals surface area contributed by atoms with Crippen LogP contribution < -0.4 is 0 Å². The van der Waals surface area contributed by atoms with Crippen LogP contribution in [0.25, 0.3) is 0 Å². The quantitative estimate of drug-likeness (QED) is 0.574. The average molecular weight is 450 g/mol. The first kappa shape index (κ1) is 24.3. The molecule has 10 atom stereocenters. The van der Waals surface area contributed by atoms with Gasteiger partial charge in [-0.1, -0.05) is 27.2 Å². The number of nitrogens with zero attached hydrogens (tertiary/aromatic N) is 1. The summed E-state index contributed by atoms with van der Waals surface area (Å²) in [5, 5.41) is 22.2. The third kappa shape index (κ3) is 3.89. The molecule has 0 saturated heterocycles. The molecule has 4 rings (SSSR count). The summed E-state index contributed by atoms with van der Waals surface area (Å²) in [6.45, 7) is 7.75. The first-order valence-corrected chi connectivity index (χ1v) is 13.3. The van der Waals surface area contributed by atoms with Crippen molar-refractivity contribution >= 4 is 6.09 Å². The Kier molecular flexibility index (Phi) is 6.91. The van der Waals surface area contributed by atoms with E-state index in [0.717, 1.165) is 38.5 Å². The maximum absolute atomic E-state index is 11.7. The van der Waals surface area contributed by atoms with Crippen molar-refractivity contribution in [2.75, 3.05) is 20.7 Å². The van der Waals surface area contributed by atoms with Crippen LogP contribution in [-0.2, 0) is 4.74 Å². The van der Waals surface area contributed by atoms with Crippen molar-refractivity contribution in [2.24, 2.45) is 46.3 Å². The van der Waals surface area contributed by atoms with Gasteiger partial charge in [0.15, 0.2) is 0 Å². The van der Waals surface area contributed by atoms with Crippen LogP contribution in [-0.4, -0.2) is 54.1 Å². The molecule has 2 N–H and O–H groups in total. The molecule has 0 aliphatic heterocycles. The molecule has 0 bridgehead atoms. The molecule has 1 amide bonds. The maximum atomic E-state index is 11.7. The molecule has 0 radical (unpaired) electrons. The molecule has 0 aromatic heterocycles. The zero-order valence-electron chi connectivity index (χ0n) is 21.1. The van der Waals surface area contributed by atoms with Gasteiger partial charge >= 0.3 is 6.09 Å². The summed E-state index contributed by atoms with van der Waals surface area (Å²) in [7, 11) is 3.45. The van der Waals surface area contributed by atoms with E-state index in [9.17, 15) is 15.0 Å². The number of aliphatic hydroxyl groups excluding tert-OH is 2. The van der Waals surface area contributed by atoms with E-state index < -0.39 is 0 Å². The largest absolute Gasteiger partial charge is 0.449 e. The summed E-state index contributed by atoms with van der Waals surface area (Å²) >= 11 is 0. The molecule has 0 spiro atoms. The number of rotatable bonds is 5. The van der Waals surface area contributed by atoms with Crippen LogP contribution in [0.1, 0.15) is 85.0 Å². The van der Waals surface area contributed by atoms with Crippen LogP contribution in [0.15, 0.2) is 0 Å². The molecule has 184 valence electrons. The van der Waals surface area contributed by atoms with Gasteiger partial charge in [-0.2, -0.15) is 0 Å². The lowest BCUT2D eigenvalue weighted by Crippen LogP contribution is -2.62. The number of hydrogen-bond acceptors (Lipinski definition) is 4. The van der Waals surface area contributed by atoms with Crippen molar-refractivity contribution < 1.29 is 19.7 Å². The van der Waals surface area contributed by atoms with Crippen LogP contribution in [0.3, 0.4) is 0 Å². The second kappa shape index (κ2) is 9.09. The van der Waals surface area contributed by atoms with Crippen molar-refractivity contribution in [3.8, 4) is 0 Å². The van der Waals surface area contributed by atoms with E-state index in [2.05, 4.69) is 20.8 Å². The lowest BCUT2D eigenvalue weighted by molar-refractivity contribution is -0.202. The number of amides is 1. The van der Waals surface area contributed by atoms with Crippen molar-refractivity contribution in [1.29, 1.82) is 0 Å². The Balaban J connectivity index is 1.48. The SMILES string of the molecule is CC[C@H]1[C@@H](O)[C@@H]2[C@H](CC[C@]3(C)[C@@H](CCCOC(=O)N(C)C)CC[C@@H]23)[C@@]2(C)CC[C@@H](O)C[C@@H]12. The fourth-order valence-corrected chi connectivity index (χ4v) is 9.16. The number of carbonyl (C=O) groups excluding carboxylic acids is 1. The summed E-state index contributed by atoms with van der Waals surface area (Å²) in [6, 6.07) is 0. The summed E-state index contributed by atoms with van der Waals surface area (Å²) in [5.74, 6) is 3.05. The summed E-state index contributed by atoms with van der Waals surface area (Å²) < 4.78 is 5.37. The van der Waals surface area contributed by atoms with Crippen molar-refractivity contribution in [2.45, 2.75) is 97.2 Å². The molecular formula is C27H47NO4. The number of ether oxygens (including phenoxy) is 1. The van der Waals surface area contributed by atoms with Crippen LogP contribution in [0.5, 0.6) is 0 Å². The van der Waals surface area contributed by atoms with Crippen LogP contribution in [0, 0.1) is 46.3 Å². The van der Waals surface area contributed by atoms with Gasteiger partial charge in [-0.3, -0.25) is 0 Å². The van der Waals surface area contributed by atoms with Crippen LogP contribution >= 0.6 is 0 Å². The highest BCUT2D eigenvalue weighted by atomic mass is 16.6. The Hall–Kier alpha value is -0.810. The van der Waals surface area contributed by atoms with E-state index in [4.69, 9.17) is 4.74 Å². The standard InChI is InChI=1S/C27H47NO4/c1-6-19-22-16-18(29)11-13-27(22,3)21-12-14-26(2)17(8-7-15-32-25(31)28(4)5)9-10-20(26)23(21)24(19)30/h17-24,29-30H,6-16H2,1-5H3/t17-,18+,19+,20-,21-,22-,23-,24+,26+,27+/m0/s1. The second-order valence-corrected chi connectivity index (χ2v) is 12.4. The Morgan fingerprint density at radius 3 is 2.38 bits per heavy atom. The highest BCUT2D eigenvalue weighted by Crippen LogP contribution is 2.69. The summed E-state index contributed by atoms with van der Waals surface area (Å²) in [4.78, 5) is 13.2. The molecule has 4 saturated carbocycles. The normalized spacial score (nSPS) is 47.8. The van der Waals surface area contributed by atoms with Crippen molar-refractivity contribution in [1.82, 2.24) is 4.90 Å². The van der Waals surface area contributed by atoms with E-state index in [1.807, 2.05) is 0 Å². The van der Waals surface area contributed by atoms with Crippen molar-refractivity contribution in [3.63, 3.8) is 0 Å². The van der Waals surface area contributed by atoms with Crippen LogP contribution in [0.2, 0.25) is 0 Å². The molecule has 5 nitrogen and oxygen atoms in total. The van der Waals surface area contributed by atoms with E-state index in [1.54, 1.807) is 14.1 Å². The first-order valence-electron chi connectivity index (χ1n) is 13.3. The monoisotopic (exact) mass is 449 g/mol. The third-order valence-corrected chi connectivity index (χ3v) is 10.9. The van der Waals surface area contributed by atoms with Gasteiger partial charge in [0.1, 0.15) is 0 Å². The lowest BCUT2D eigenvalue weighted by Gasteiger charge is -2.64. The average Bonchev–Trinajstić information content (AvgIpc) is 3.08. The maximum Gasteiger partial charge on any atom is 0.409 e. The summed E-state index contributed by atoms with van der Waals surface area (Å²) in [5.41, 5.74) is 0.562. The number of aliphatic hydroxyl groups is 2. The number of hydrogen-bond donors (Lipinski definition) is 2. The molecule has 0 aromatic rings. The molecular weight excluding hydrogens is 402 g/mol. The molecule has 5 heteroatoms. The van der Waals surface area contributed by atoms with E-state index in [1.165, 1.54) is 30.6 Å². The van der Waals surface area contributed by atoms with Gasteiger partial charge in [0.2, 0.25) is 0 Å². The summed E-state index contributed by atoms with van der Waals surface area (Å²) in [6.07, 6.45) is 10.3. The minimum atomic E-state index is -0.252. The highest BCUT2D eigenvalue weighted by Gasteiger charge is 2.64. The van der Waals surface area contributed by atoms with E-state index >= 15 is 0 Å². The molecule has 0 unspecified atom stereocenters. The van der Waals surface area contributed by atoms with Gasteiger partial charge in [-0.15, -0.1) is 0 Å². The lowest BCUT2D eigenvalue weighted by atomic mass is 9.41. The number of carbonyl (C=O) groups is 1. The Morgan fingerprint density at radius 1 is 1.00 bits per heavy atom. The molecule has 0 heterocycles. The second-order valence-electron chi connectivity index (χ2n) is 12.4. The van der Waals surface area contributed by atoms with Gasteiger partial charge in [0.05, 0.1) is 18.8 Å². The van der Waals surface area contributed by atoms with E-state index in [-0.39, 0.29) is 23.7 Å². The fraction of sp³-hybridized carbons (Fsp3) is 0.963. The first-order chi connectivity index (χ1) is 15.1. The van der Waals surface area contributed by atoms with Gasteiger partial charge in [0.25, 0.3) is 0 Å². The topological polar surface area (TPSA) is 70.0 Å². The zero-order valence-corrected chi connectivity index (χ0v) is 21.1. The molecule has 0 aromatic carbocycles. The molecule has 32 heavy (non-hydrogen) atoms. The minimum absolute atomic E-state index is 0.183. The minimum Gasteiger partial charge on any atom is -0.449 e. The van der Waals surface area contributed by atoms with Crippen LogP contribution in [0.4, 0.5) is 4.79 Å². The number of fused-ring (bicyclic) bond motifs is 5. The van der Waals surface area contributed by atoms with Gasteiger partial charge in [0, 0.05) is 14.1 Å². The Morgan fingerprint density at radius 2 is 1.69 bits per heavy atom. The molecule has 4 fully saturated rings. The molecule has 4 aliphatic carbocycles. The molecule has 4 aliphatic rings. The predicted molar refractivity (Wildman–Crippen MR) is 126 cm³/mol. The smallest absolute Gasteiger partial charge is 0.409 e. The Bertz CT molecular complexity index is 683. The van der Waals surface area contributed by atoms with Gasteiger partial charge < -0.3 is 19.8 Å².